The van der Waals surface area contributed by atoms with Crippen molar-refractivity contribution >= 4 is 28.1 Å². The van der Waals surface area contributed by atoms with Crippen LogP contribution in [-0.4, -0.2) is 14.8 Å². The highest BCUT2D eigenvalue weighted by Crippen LogP contribution is 2.17. The van der Waals surface area contributed by atoms with E-state index in [0.717, 1.165) is 4.57 Å². The van der Waals surface area contributed by atoms with Gasteiger partial charge >= 0.3 is 5.69 Å². The molecular weight excluding hydrogens is 285 g/mol. The molecule has 0 unspecified atom stereocenters. The van der Waals surface area contributed by atoms with E-state index in [1.165, 1.54) is 12.1 Å². The molecule has 0 aliphatic carbocycles. The molecule has 7 heteroatoms. The summed E-state index contributed by atoms with van der Waals surface area (Å²) in [5.41, 5.74) is -0.395. The Balaban J connectivity index is 2.79. The van der Waals surface area contributed by atoms with Gasteiger partial charge < -0.3 is 0 Å². The van der Waals surface area contributed by atoms with E-state index in [-0.39, 0.29) is 10.5 Å². The number of hydrogen-bond donors (Lipinski definition) is 2. The van der Waals surface area contributed by atoms with Crippen LogP contribution in [0.3, 0.4) is 0 Å². The Morgan fingerprint density at radius 2 is 2.13 bits per heavy atom. The average molecular weight is 290 g/mol. The number of H-pyrrole nitrogens is 2. The third kappa shape index (κ3) is 1.80. The lowest BCUT2D eigenvalue weighted by molar-refractivity contribution is 0.615. The number of aromatic nitrogens is 3. The Hall–Kier alpha value is -1.21. The zero-order valence-corrected chi connectivity index (χ0v) is 9.65. The van der Waals surface area contributed by atoms with Gasteiger partial charge in [0.15, 0.2) is 0 Å². The van der Waals surface area contributed by atoms with E-state index in [4.69, 9.17) is 12.2 Å². The molecule has 0 bridgehead atoms. The molecule has 2 aromatic rings. The second kappa shape index (κ2) is 3.74. The minimum atomic E-state index is -0.514. The molecule has 1 aromatic carbocycles. The minimum Gasteiger partial charge on any atom is -0.272 e. The smallest absolute Gasteiger partial charge is 0.272 e. The summed E-state index contributed by atoms with van der Waals surface area (Å²) in [5.74, 6) is -0.514. The lowest BCUT2D eigenvalue weighted by atomic mass is 10.3. The van der Waals surface area contributed by atoms with Crippen molar-refractivity contribution in [3.8, 4) is 5.69 Å². The second-order valence-corrected chi connectivity index (χ2v) is 4.09. The largest absolute Gasteiger partial charge is 0.347 e. The van der Waals surface area contributed by atoms with E-state index in [2.05, 4.69) is 26.1 Å². The van der Waals surface area contributed by atoms with Gasteiger partial charge in [-0.05, 0) is 30.4 Å². The number of nitrogens with zero attached hydrogens (tertiary/aromatic N) is 1. The predicted molar refractivity (Wildman–Crippen MR) is 59.2 cm³/mol. The Labute approximate surface area is 96.9 Å². The highest BCUT2D eigenvalue weighted by molar-refractivity contribution is 9.10. The molecule has 0 saturated carbocycles. The van der Waals surface area contributed by atoms with E-state index in [9.17, 15) is 9.18 Å². The molecule has 4 nitrogen and oxygen atoms in total. The lowest BCUT2D eigenvalue weighted by Gasteiger charge is -2.02. The molecule has 0 spiro atoms. The quantitative estimate of drug-likeness (QED) is 0.790. The fraction of sp³-hybridized carbons (Fsp3) is 0. The van der Waals surface area contributed by atoms with Crippen molar-refractivity contribution in [2.45, 2.75) is 0 Å². The van der Waals surface area contributed by atoms with E-state index in [1.54, 1.807) is 6.07 Å². The molecule has 0 aliphatic rings. The molecule has 1 heterocycles. The minimum absolute atomic E-state index is 0.108. The third-order valence-corrected chi connectivity index (χ3v) is 2.61. The molecule has 0 saturated heterocycles. The molecular formula is C8H5BrFN3OS. The van der Waals surface area contributed by atoms with Gasteiger partial charge in [-0.15, -0.1) is 0 Å². The van der Waals surface area contributed by atoms with Crippen LogP contribution in [0.2, 0.25) is 0 Å². The van der Waals surface area contributed by atoms with Crippen molar-refractivity contribution < 1.29 is 4.39 Å². The molecule has 0 atom stereocenters. The fourth-order valence-electron chi connectivity index (χ4n) is 1.19. The summed E-state index contributed by atoms with van der Waals surface area (Å²) >= 11 is 8.05. The van der Waals surface area contributed by atoms with Crippen molar-refractivity contribution in [3.63, 3.8) is 0 Å². The van der Waals surface area contributed by atoms with Crippen LogP contribution in [0.25, 0.3) is 5.69 Å². The van der Waals surface area contributed by atoms with E-state index in [1.807, 2.05) is 0 Å². The van der Waals surface area contributed by atoms with Gasteiger partial charge in [0.05, 0.1) is 5.69 Å². The van der Waals surface area contributed by atoms with Crippen molar-refractivity contribution in [1.29, 1.82) is 0 Å². The second-order valence-electron chi connectivity index (χ2n) is 2.79. The van der Waals surface area contributed by atoms with Crippen LogP contribution in [0, 0.1) is 10.6 Å². The molecule has 78 valence electrons. The molecule has 0 fully saturated rings. The summed E-state index contributed by atoms with van der Waals surface area (Å²) in [5, 5.41) is 4.72. The van der Waals surface area contributed by atoms with Gasteiger partial charge in [0.2, 0.25) is 4.77 Å². The van der Waals surface area contributed by atoms with Crippen LogP contribution >= 0.6 is 28.1 Å². The lowest BCUT2D eigenvalue weighted by Crippen LogP contribution is -2.16. The van der Waals surface area contributed by atoms with Crippen molar-refractivity contribution in [1.82, 2.24) is 14.8 Å². The van der Waals surface area contributed by atoms with Crippen LogP contribution in [-0.2, 0) is 0 Å². The maximum Gasteiger partial charge on any atom is 0.347 e. The van der Waals surface area contributed by atoms with Gasteiger partial charge in [0.1, 0.15) is 5.82 Å². The molecule has 1 aromatic heterocycles. The third-order valence-electron chi connectivity index (χ3n) is 1.83. The van der Waals surface area contributed by atoms with E-state index >= 15 is 0 Å². The first-order chi connectivity index (χ1) is 7.09. The SMILES string of the molecule is O=c1[nH][nH]c(=S)n1-c1cc(Br)ccc1F. The molecule has 15 heavy (non-hydrogen) atoms. The monoisotopic (exact) mass is 289 g/mol. The molecule has 2 rings (SSSR count). The van der Waals surface area contributed by atoms with Crippen LogP contribution < -0.4 is 5.69 Å². The molecule has 0 radical (unpaired) electrons. The summed E-state index contributed by atoms with van der Waals surface area (Å²) in [6.07, 6.45) is 0. The topological polar surface area (TPSA) is 53.6 Å². The summed E-state index contributed by atoms with van der Waals surface area (Å²) in [4.78, 5) is 11.3. The zero-order chi connectivity index (χ0) is 11.0. The Kier molecular flexibility index (Phi) is 2.57. The Morgan fingerprint density at radius 3 is 2.73 bits per heavy atom. The van der Waals surface area contributed by atoms with E-state index in [0.29, 0.717) is 4.47 Å². The van der Waals surface area contributed by atoms with E-state index < -0.39 is 11.5 Å². The summed E-state index contributed by atoms with van der Waals surface area (Å²) in [6.45, 7) is 0. The fourth-order valence-corrected chi connectivity index (χ4v) is 1.77. The van der Waals surface area contributed by atoms with Crippen molar-refractivity contribution in [2.24, 2.45) is 0 Å². The number of rotatable bonds is 1. The van der Waals surface area contributed by atoms with Gasteiger partial charge in [0.25, 0.3) is 0 Å². The van der Waals surface area contributed by atoms with Gasteiger partial charge in [-0.2, -0.15) is 0 Å². The summed E-state index contributed by atoms with van der Waals surface area (Å²) in [7, 11) is 0. The first kappa shape index (κ1) is 10.3. The van der Waals surface area contributed by atoms with Gasteiger partial charge in [-0.25, -0.2) is 18.9 Å². The van der Waals surface area contributed by atoms with Crippen LogP contribution in [0.1, 0.15) is 0 Å². The average Bonchev–Trinajstić information content (AvgIpc) is 2.51. The highest BCUT2D eigenvalue weighted by atomic mass is 79.9. The Bertz CT molecular complexity index is 587. The number of aromatic amines is 2. The molecule has 0 aliphatic heterocycles. The first-order valence-electron chi connectivity index (χ1n) is 3.95. The first-order valence-corrected chi connectivity index (χ1v) is 5.15. The van der Waals surface area contributed by atoms with Crippen molar-refractivity contribution in [2.75, 3.05) is 0 Å². The number of halogens is 2. The predicted octanol–water partition coefficient (Wildman–Crippen LogP) is 2.12. The Morgan fingerprint density at radius 1 is 1.40 bits per heavy atom. The van der Waals surface area contributed by atoms with Gasteiger partial charge in [-0.1, -0.05) is 15.9 Å². The number of hydrogen-bond acceptors (Lipinski definition) is 2. The van der Waals surface area contributed by atoms with Crippen LogP contribution in [0.4, 0.5) is 4.39 Å². The van der Waals surface area contributed by atoms with Gasteiger partial charge in [0, 0.05) is 4.47 Å². The maximum absolute atomic E-state index is 13.4. The summed E-state index contributed by atoms with van der Waals surface area (Å²) < 4.78 is 15.3. The zero-order valence-electron chi connectivity index (χ0n) is 7.25. The number of benzene rings is 1. The summed E-state index contributed by atoms with van der Waals surface area (Å²) in [6, 6.07) is 4.28. The van der Waals surface area contributed by atoms with Crippen LogP contribution in [0.5, 0.6) is 0 Å². The highest BCUT2D eigenvalue weighted by Gasteiger charge is 2.09. The van der Waals surface area contributed by atoms with Crippen molar-refractivity contribution in [3.05, 3.63) is 43.7 Å². The maximum atomic E-state index is 13.4. The number of nitrogens with one attached hydrogen (secondary N) is 2. The van der Waals surface area contributed by atoms with Gasteiger partial charge in [-0.3, -0.25) is 5.10 Å². The van der Waals surface area contributed by atoms with Crippen LogP contribution in [0.15, 0.2) is 27.5 Å². The molecule has 0 amide bonds. The standard InChI is InChI=1S/C8H5BrFN3OS/c9-4-1-2-5(10)6(3-4)13-7(14)11-12-8(13)15/h1-3H,(H,11,14)(H,12,15). The molecule has 2 N–H and O–H groups in total. The normalized spacial score (nSPS) is 10.5.